The molecule has 8 nitrogen and oxygen atoms in total. The number of H-pyrrole nitrogens is 2. The van der Waals surface area contributed by atoms with Crippen molar-refractivity contribution in [2.75, 3.05) is 0 Å². The average Bonchev–Trinajstić information content (AvgIpc) is 3.46. The average molecular weight is 371 g/mol. The highest BCUT2D eigenvalue weighted by Crippen LogP contribution is 2.30. The summed E-state index contributed by atoms with van der Waals surface area (Å²) in [6, 6.07) is 11.4. The second-order valence-corrected chi connectivity index (χ2v) is 6.58. The number of aliphatic hydroxyl groups is 1. The first-order chi connectivity index (χ1) is 13.7. The van der Waals surface area contributed by atoms with Gasteiger partial charge in [0, 0.05) is 47.7 Å². The zero-order chi connectivity index (χ0) is 19.1. The van der Waals surface area contributed by atoms with Crippen molar-refractivity contribution in [3.05, 3.63) is 72.6 Å². The molecule has 0 bridgehead atoms. The van der Waals surface area contributed by atoms with Crippen molar-refractivity contribution in [3.8, 4) is 22.5 Å². The number of benzene rings is 1. The summed E-state index contributed by atoms with van der Waals surface area (Å²) in [7, 11) is 1.88. The number of aliphatic hydroxyl groups excluding tert-OH is 1. The normalized spacial score (nSPS) is 12.5. The summed E-state index contributed by atoms with van der Waals surface area (Å²) in [5.41, 5.74) is 4.26. The van der Waals surface area contributed by atoms with Gasteiger partial charge in [-0.15, -0.1) is 0 Å². The van der Waals surface area contributed by atoms with E-state index in [1.54, 1.807) is 10.9 Å². The van der Waals surface area contributed by atoms with E-state index in [2.05, 4.69) is 30.2 Å². The van der Waals surface area contributed by atoms with Gasteiger partial charge in [-0.1, -0.05) is 30.3 Å². The minimum atomic E-state index is -0.864. The first-order valence-electron chi connectivity index (χ1n) is 8.81. The number of rotatable bonds is 4. The molecule has 0 radical (unpaired) electrons. The van der Waals surface area contributed by atoms with Crippen molar-refractivity contribution in [2.24, 2.45) is 7.05 Å². The fraction of sp³-hybridized carbons (Fsp3) is 0.100. The van der Waals surface area contributed by atoms with E-state index in [-0.39, 0.29) is 0 Å². The molecule has 0 spiro atoms. The highest BCUT2D eigenvalue weighted by atomic mass is 16.3. The first-order valence-corrected chi connectivity index (χ1v) is 8.81. The molecule has 0 fully saturated rings. The number of hydrogen-bond acceptors (Lipinski definition) is 5. The SMILES string of the molecule is Cn1cc(-c2cnc3[nH]cc(-c4n[nH]c(C(O)c5ccccc5)n4)c3c2)cn1. The van der Waals surface area contributed by atoms with Gasteiger partial charge in [-0.2, -0.15) is 10.2 Å². The molecule has 3 N–H and O–H groups in total. The third-order valence-corrected chi connectivity index (χ3v) is 4.69. The maximum atomic E-state index is 10.5. The van der Waals surface area contributed by atoms with E-state index >= 15 is 0 Å². The first kappa shape index (κ1) is 16.4. The van der Waals surface area contributed by atoms with Gasteiger partial charge in [-0.3, -0.25) is 9.78 Å². The topological polar surface area (TPSA) is 108 Å². The monoisotopic (exact) mass is 371 g/mol. The molecule has 1 atom stereocenters. The molecular weight excluding hydrogens is 354 g/mol. The van der Waals surface area contributed by atoms with Gasteiger partial charge in [-0.05, 0) is 11.6 Å². The van der Waals surface area contributed by atoms with Gasteiger partial charge in [0.15, 0.2) is 11.6 Å². The van der Waals surface area contributed by atoms with Crippen molar-refractivity contribution in [2.45, 2.75) is 6.10 Å². The Morgan fingerprint density at radius 3 is 2.75 bits per heavy atom. The molecule has 8 heteroatoms. The van der Waals surface area contributed by atoms with Crippen molar-refractivity contribution < 1.29 is 5.11 Å². The number of aromatic amines is 2. The lowest BCUT2D eigenvalue weighted by atomic mass is 10.1. The lowest BCUT2D eigenvalue weighted by Crippen LogP contribution is -2.01. The molecule has 5 aromatic rings. The number of fused-ring (bicyclic) bond motifs is 1. The number of aryl methyl sites for hydroxylation is 1. The number of pyridine rings is 1. The quantitative estimate of drug-likeness (QED) is 0.450. The van der Waals surface area contributed by atoms with Gasteiger partial charge in [0.25, 0.3) is 0 Å². The molecule has 0 aliphatic rings. The summed E-state index contributed by atoms with van der Waals surface area (Å²) in [6.07, 6.45) is 6.51. The fourth-order valence-electron chi connectivity index (χ4n) is 3.23. The Hall–Kier alpha value is -3.78. The van der Waals surface area contributed by atoms with Gasteiger partial charge in [0.05, 0.1) is 6.20 Å². The van der Waals surface area contributed by atoms with Crippen LogP contribution in [0.1, 0.15) is 17.5 Å². The van der Waals surface area contributed by atoms with E-state index in [0.717, 1.165) is 33.3 Å². The standard InChI is InChI=1S/C20H17N7O/c1-27-11-14(9-23-27)13-7-15-16(10-22-18(15)21-8-13)19-24-20(26-25-19)17(28)12-5-3-2-4-6-12/h2-11,17,28H,1H3,(H,21,22)(H,24,25,26). The summed E-state index contributed by atoms with van der Waals surface area (Å²) in [6.45, 7) is 0. The molecule has 1 unspecified atom stereocenters. The lowest BCUT2D eigenvalue weighted by Gasteiger charge is -2.06. The minimum absolute atomic E-state index is 0.395. The van der Waals surface area contributed by atoms with E-state index in [1.165, 1.54) is 0 Å². The molecule has 1 aromatic carbocycles. The summed E-state index contributed by atoms with van der Waals surface area (Å²) in [4.78, 5) is 12.2. The Bertz CT molecular complexity index is 1250. The highest BCUT2D eigenvalue weighted by Gasteiger charge is 2.18. The number of hydrogen-bond donors (Lipinski definition) is 3. The smallest absolute Gasteiger partial charge is 0.183 e. The largest absolute Gasteiger partial charge is 0.380 e. The second-order valence-electron chi connectivity index (χ2n) is 6.58. The lowest BCUT2D eigenvalue weighted by molar-refractivity contribution is 0.210. The molecule has 5 rings (SSSR count). The predicted molar refractivity (Wildman–Crippen MR) is 104 cm³/mol. The van der Waals surface area contributed by atoms with Crippen LogP contribution in [0.15, 0.2) is 61.2 Å². The van der Waals surface area contributed by atoms with E-state index in [4.69, 9.17) is 0 Å². The van der Waals surface area contributed by atoms with Gasteiger partial charge in [0.2, 0.25) is 0 Å². The van der Waals surface area contributed by atoms with E-state index < -0.39 is 6.10 Å². The van der Waals surface area contributed by atoms with Crippen LogP contribution in [0.4, 0.5) is 0 Å². The van der Waals surface area contributed by atoms with E-state index in [9.17, 15) is 5.11 Å². The van der Waals surface area contributed by atoms with Crippen molar-refractivity contribution >= 4 is 11.0 Å². The van der Waals surface area contributed by atoms with Crippen LogP contribution in [0.25, 0.3) is 33.5 Å². The van der Waals surface area contributed by atoms with Crippen molar-refractivity contribution in [1.29, 1.82) is 0 Å². The maximum Gasteiger partial charge on any atom is 0.183 e. The maximum absolute atomic E-state index is 10.5. The number of aromatic nitrogens is 7. The Balaban J connectivity index is 1.54. The Labute approximate surface area is 159 Å². The van der Waals surface area contributed by atoms with Crippen LogP contribution in [0.2, 0.25) is 0 Å². The summed E-state index contributed by atoms with van der Waals surface area (Å²) in [5, 5.41) is 22.8. The van der Waals surface area contributed by atoms with Crippen molar-refractivity contribution in [1.82, 2.24) is 34.9 Å². The zero-order valence-corrected chi connectivity index (χ0v) is 15.0. The Morgan fingerprint density at radius 1 is 1.11 bits per heavy atom. The van der Waals surface area contributed by atoms with Gasteiger partial charge >= 0.3 is 0 Å². The molecule has 28 heavy (non-hydrogen) atoms. The van der Waals surface area contributed by atoms with Crippen LogP contribution in [0, 0.1) is 0 Å². The third-order valence-electron chi connectivity index (χ3n) is 4.69. The molecular formula is C20H17N7O. The highest BCUT2D eigenvalue weighted by molar-refractivity contribution is 5.94. The van der Waals surface area contributed by atoms with Crippen LogP contribution in [-0.2, 0) is 7.05 Å². The van der Waals surface area contributed by atoms with Crippen LogP contribution in [0.3, 0.4) is 0 Å². The van der Waals surface area contributed by atoms with Gasteiger partial charge < -0.3 is 10.1 Å². The summed E-state index contributed by atoms with van der Waals surface area (Å²) in [5.74, 6) is 0.897. The molecule has 4 aromatic heterocycles. The third kappa shape index (κ3) is 2.76. The number of nitrogens with zero attached hydrogens (tertiary/aromatic N) is 5. The minimum Gasteiger partial charge on any atom is -0.380 e. The van der Waals surface area contributed by atoms with Crippen LogP contribution >= 0.6 is 0 Å². The molecule has 0 saturated heterocycles. The summed E-state index contributed by atoms with van der Waals surface area (Å²) < 4.78 is 1.75. The molecule has 0 amide bonds. The molecule has 138 valence electrons. The predicted octanol–water partition coefficient (Wildman–Crippen LogP) is 2.83. The van der Waals surface area contributed by atoms with E-state index in [1.807, 2.05) is 62.0 Å². The molecule has 0 saturated carbocycles. The zero-order valence-electron chi connectivity index (χ0n) is 15.0. The molecule has 4 heterocycles. The van der Waals surface area contributed by atoms with Crippen LogP contribution in [-0.4, -0.2) is 40.0 Å². The van der Waals surface area contributed by atoms with Crippen LogP contribution in [0.5, 0.6) is 0 Å². The fourth-order valence-corrected chi connectivity index (χ4v) is 3.23. The second kappa shape index (κ2) is 6.43. The Kier molecular flexibility index (Phi) is 3.77. The van der Waals surface area contributed by atoms with Crippen LogP contribution < -0.4 is 0 Å². The molecule has 0 aliphatic heterocycles. The van der Waals surface area contributed by atoms with Gasteiger partial charge in [0.1, 0.15) is 11.8 Å². The van der Waals surface area contributed by atoms with Gasteiger partial charge in [-0.25, -0.2) is 9.97 Å². The number of nitrogens with one attached hydrogen (secondary N) is 2. The van der Waals surface area contributed by atoms with E-state index in [0.29, 0.717) is 11.6 Å². The Morgan fingerprint density at radius 2 is 1.96 bits per heavy atom. The van der Waals surface area contributed by atoms with Crippen molar-refractivity contribution in [3.63, 3.8) is 0 Å². The summed E-state index contributed by atoms with van der Waals surface area (Å²) >= 11 is 0. The molecule has 0 aliphatic carbocycles.